The van der Waals surface area contributed by atoms with Crippen LogP contribution in [0.4, 0.5) is 15.8 Å². The van der Waals surface area contributed by atoms with Crippen molar-refractivity contribution in [1.29, 1.82) is 0 Å². The number of rotatable bonds is 5. The Labute approximate surface area is 186 Å². The lowest BCUT2D eigenvalue weighted by atomic mass is 10.0. The Hall–Kier alpha value is -1.76. The van der Waals surface area contributed by atoms with E-state index in [0.29, 0.717) is 10.9 Å². The first-order chi connectivity index (χ1) is 13.3. The number of carbonyl (C=O) groups excluding carboxylic acids is 1. The zero-order chi connectivity index (χ0) is 20.3. The average Bonchev–Trinajstić information content (AvgIpc) is 2.98. The number of anilines is 1. The molecule has 0 saturated carbocycles. The number of carbonyl (C=O) groups is 1. The molecule has 4 nitrogen and oxygen atoms in total. The fourth-order valence-electron chi connectivity index (χ4n) is 2.90. The smallest absolute Gasteiger partial charge is 0.226 e. The first kappa shape index (κ1) is 23.5. The van der Waals surface area contributed by atoms with Crippen molar-refractivity contribution in [3.8, 4) is 0 Å². The van der Waals surface area contributed by atoms with Crippen LogP contribution < -0.4 is 5.32 Å². The first-order valence-corrected chi connectivity index (χ1v) is 10.5. The molecule has 0 spiro atoms. The van der Waals surface area contributed by atoms with Crippen LogP contribution in [0.5, 0.6) is 0 Å². The van der Waals surface area contributed by atoms with Gasteiger partial charge in [-0.2, -0.15) is 0 Å². The molecule has 2 aromatic rings. The SMILES string of the molecule is CC(C)c1ccc(N=C2SCC(CC(=O)Nc3ccc(Cl)cc3F)N2C)cc1.Cl. The summed E-state index contributed by atoms with van der Waals surface area (Å²) in [5, 5.41) is 3.80. The molecule has 1 aliphatic heterocycles. The number of amidine groups is 1. The lowest BCUT2D eigenvalue weighted by Crippen LogP contribution is -2.33. The second kappa shape index (κ2) is 10.3. The van der Waals surface area contributed by atoms with E-state index in [0.717, 1.165) is 16.6 Å². The van der Waals surface area contributed by atoms with Crippen LogP contribution in [-0.2, 0) is 4.79 Å². The number of halogens is 3. The minimum Gasteiger partial charge on any atom is -0.350 e. The van der Waals surface area contributed by atoms with E-state index in [9.17, 15) is 9.18 Å². The number of benzene rings is 2. The van der Waals surface area contributed by atoms with Gasteiger partial charge in [0.1, 0.15) is 5.82 Å². The van der Waals surface area contributed by atoms with Crippen molar-refractivity contribution >= 4 is 58.2 Å². The highest BCUT2D eigenvalue weighted by Gasteiger charge is 2.29. The molecule has 2 aromatic carbocycles. The largest absolute Gasteiger partial charge is 0.350 e. The molecule has 1 N–H and O–H groups in total. The zero-order valence-corrected chi connectivity index (χ0v) is 18.9. The number of hydrogen-bond donors (Lipinski definition) is 1. The van der Waals surface area contributed by atoms with Crippen LogP contribution in [0, 0.1) is 5.82 Å². The summed E-state index contributed by atoms with van der Waals surface area (Å²) < 4.78 is 13.9. The predicted octanol–water partition coefficient (Wildman–Crippen LogP) is 6.09. The Morgan fingerprint density at radius 3 is 2.62 bits per heavy atom. The quantitative estimate of drug-likeness (QED) is 0.593. The summed E-state index contributed by atoms with van der Waals surface area (Å²) in [6.45, 7) is 4.32. The predicted molar refractivity (Wildman–Crippen MR) is 124 cm³/mol. The van der Waals surface area contributed by atoms with Crippen molar-refractivity contribution in [2.75, 3.05) is 18.1 Å². The van der Waals surface area contributed by atoms with Crippen molar-refractivity contribution in [2.24, 2.45) is 4.99 Å². The topological polar surface area (TPSA) is 44.7 Å². The number of aliphatic imine (C=N–C) groups is 1. The van der Waals surface area contributed by atoms with Crippen molar-refractivity contribution in [2.45, 2.75) is 32.2 Å². The Bertz CT molecular complexity index is 890. The van der Waals surface area contributed by atoms with Gasteiger partial charge in [0, 0.05) is 30.3 Å². The number of thioether (sulfide) groups is 1. The van der Waals surface area contributed by atoms with Crippen LogP contribution in [0.1, 0.15) is 31.7 Å². The number of amides is 1. The minimum absolute atomic E-state index is 0. The van der Waals surface area contributed by atoms with Crippen LogP contribution in [0.15, 0.2) is 47.5 Å². The molecular weight excluding hydrogens is 432 g/mol. The van der Waals surface area contributed by atoms with Crippen LogP contribution in [0.25, 0.3) is 0 Å². The molecular formula is C21H24Cl2FN3OS. The maximum absolute atomic E-state index is 13.9. The van der Waals surface area contributed by atoms with Crippen molar-refractivity contribution in [3.05, 3.63) is 58.9 Å². The van der Waals surface area contributed by atoms with Gasteiger partial charge in [0.05, 0.1) is 11.4 Å². The molecule has 1 fully saturated rings. The fraction of sp³-hybridized carbons (Fsp3) is 0.333. The zero-order valence-electron chi connectivity index (χ0n) is 16.5. The van der Waals surface area contributed by atoms with E-state index in [4.69, 9.17) is 16.6 Å². The van der Waals surface area contributed by atoms with Gasteiger partial charge in [-0.3, -0.25) is 4.79 Å². The highest BCUT2D eigenvalue weighted by molar-refractivity contribution is 8.14. The lowest BCUT2D eigenvalue weighted by Gasteiger charge is -2.20. The molecule has 1 amide bonds. The highest BCUT2D eigenvalue weighted by Crippen LogP contribution is 2.28. The summed E-state index contributed by atoms with van der Waals surface area (Å²) in [6, 6.07) is 12.4. The second-order valence-electron chi connectivity index (χ2n) is 7.09. The standard InChI is InChI=1S/C21H23ClFN3OS.ClH/c1-13(2)14-4-7-16(8-5-14)24-21-26(3)17(12-28-21)11-20(27)25-19-9-6-15(22)10-18(19)23;/h4-10,13,17H,11-12H2,1-3H3,(H,25,27);1H. The van der Waals surface area contributed by atoms with Crippen LogP contribution >= 0.6 is 35.8 Å². The molecule has 3 rings (SSSR count). The average molecular weight is 456 g/mol. The van der Waals surface area contributed by atoms with Gasteiger partial charge in [-0.05, 0) is 41.8 Å². The van der Waals surface area contributed by atoms with Gasteiger partial charge >= 0.3 is 0 Å². The van der Waals surface area contributed by atoms with E-state index in [1.807, 2.05) is 24.1 Å². The third-order valence-corrected chi connectivity index (χ3v) is 6.09. The third kappa shape index (κ3) is 6.11. The third-order valence-electron chi connectivity index (χ3n) is 4.67. The van der Waals surface area contributed by atoms with Gasteiger partial charge < -0.3 is 10.2 Å². The van der Waals surface area contributed by atoms with E-state index in [2.05, 4.69) is 31.3 Å². The molecule has 1 saturated heterocycles. The molecule has 0 radical (unpaired) electrons. The van der Waals surface area contributed by atoms with Gasteiger partial charge in [-0.1, -0.05) is 49.3 Å². The Morgan fingerprint density at radius 2 is 2.00 bits per heavy atom. The fourth-order valence-corrected chi connectivity index (χ4v) is 4.26. The van der Waals surface area contributed by atoms with E-state index in [1.54, 1.807) is 17.8 Å². The van der Waals surface area contributed by atoms with Crippen LogP contribution in [0.2, 0.25) is 5.02 Å². The number of nitrogens with zero attached hydrogens (tertiary/aromatic N) is 2. The van der Waals surface area contributed by atoms with Gasteiger partial charge in [0.15, 0.2) is 5.17 Å². The highest BCUT2D eigenvalue weighted by atomic mass is 35.5. The summed E-state index contributed by atoms with van der Waals surface area (Å²) in [5.74, 6) is 0.470. The summed E-state index contributed by atoms with van der Waals surface area (Å²) in [7, 11) is 1.93. The Kier molecular flexibility index (Phi) is 8.37. The molecule has 1 atom stereocenters. The summed E-state index contributed by atoms with van der Waals surface area (Å²) >= 11 is 7.36. The lowest BCUT2D eigenvalue weighted by molar-refractivity contribution is -0.116. The molecule has 1 aliphatic rings. The van der Waals surface area contributed by atoms with Gasteiger partial charge in [0.2, 0.25) is 5.91 Å². The molecule has 8 heteroatoms. The molecule has 156 valence electrons. The number of hydrogen-bond acceptors (Lipinski definition) is 3. The van der Waals surface area contributed by atoms with Crippen LogP contribution in [0.3, 0.4) is 0 Å². The molecule has 0 aliphatic carbocycles. The molecule has 29 heavy (non-hydrogen) atoms. The normalized spacial score (nSPS) is 17.5. The van der Waals surface area contributed by atoms with Crippen molar-refractivity contribution < 1.29 is 9.18 Å². The molecule has 1 unspecified atom stereocenters. The number of nitrogens with one attached hydrogen (secondary N) is 1. The monoisotopic (exact) mass is 455 g/mol. The molecule has 0 bridgehead atoms. The van der Waals surface area contributed by atoms with E-state index >= 15 is 0 Å². The van der Waals surface area contributed by atoms with Gasteiger partial charge in [-0.15, -0.1) is 12.4 Å². The van der Waals surface area contributed by atoms with E-state index in [-0.39, 0.29) is 36.5 Å². The molecule has 0 aromatic heterocycles. The second-order valence-corrected chi connectivity index (χ2v) is 8.52. The van der Waals surface area contributed by atoms with Gasteiger partial charge in [0.25, 0.3) is 0 Å². The first-order valence-electron chi connectivity index (χ1n) is 9.12. The summed E-state index contributed by atoms with van der Waals surface area (Å²) in [6.07, 6.45) is 0.261. The Balaban J connectivity index is 0.00000300. The molecule has 1 heterocycles. The summed E-state index contributed by atoms with van der Waals surface area (Å²) in [5.41, 5.74) is 2.31. The summed E-state index contributed by atoms with van der Waals surface area (Å²) in [4.78, 5) is 19.0. The Morgan fingerprint density at radius 1 is 1.31 bits per heavy atom. The van der Waals surface area contributed by atoms with Crippen molar-refractivity contribution in [3.63, 3.8) is 0 Å². The maximum atomic E-state index is 13.9. The van der Waals surface area contributed by atoms with Crippen LogP contribution in [-0.4, -0.2) is 34.8 Å². The van der Waals surface area contributed by atoms with E-state index < -0.39 is 5.82 Å². The van der Waals surface area contributed by atoms with E-state index in [1.165, 1.54) is 17.7 Å². The maximum Gasteiger partial charge on any atom is 0.226 e. The van der Waals surface area contributed by atoms with Gasteiger partial charge in [-0.25, -0.2) is 9.38 Å². The minimum atomic E-state index is -0.540. The van der Waals surface area contributed by atoms with Crippen molar-refractivity contribution in [1.82, 2.24) is 4.90 Å².